The number of halogens is 1. The van der Waals surface area contributed by atoms with Crippen molar-refractivity contribution in [3.05, 3.63) is 34.3 Å². The van der Waals surface area contributed by atoms with Gasteiger partial charge < -0.3 is 5.11 Å². The van der Waals surface area contributed by atoms with E-state index in [-0.39, 0.29) is 0 Å². The maximum absolute atomic E-state index is 10.3. The lowest BCUT2D eigenvalue weighted by molar-refractivity contribution is 0.0457. The summed E-state index contributed by atoms with van der Waals surface area (Å²) in [6.07, 6.45) is 2.66. The average Bonchev–Trinajstić information content (AvgIpc) is 2.19. The maximum Gasteiger partial charge on any atom is 0.0660 e. The molecule has 1 N–H and O–H groups in total. The lowest BCUT2D eigenvalue weighted by Gasteiger charge is -2.24. The largest absolute Gasteiger partial charge is 0.390 e. The van der Waals surface area contributed by atoms with E-state index in [9.17, 15) is 5.11 Å². The normalized spacial score (nSPS) is 15.1. The first-order valence-electron chi connectivity index (χ1n) is 5.86. The molecule has 0 aliphatic carbocycles. The van der Waals surface area contributed by atoms with E-state index in [0.29, 0.717) is 5.92 Å². The Hall–Kier alpha value is -0.340. The van der Waals surface area contributed by atoms with Crippen molar-refractivity contribution in [2.24, 2.45) is 5.92 Å². The van der Waals surface area contributed by atoms with Gasteiger partial charge in [0, 0.05) is 10.9 Å². The zero-order valence-electron chi connectivity index (χ0n) is 10.3. The third kappa shape index (κ3) is 5.13. The molecule has 1 unspecified atom stereocenters. The molecule has 0 fully saturated rings. The van der Waals surface area contributed by atoms with Crippen LogP contribution in [-0.4, -0.2) is 10.7 Å². The van der Waals surface area contributed by atoms with Crippen molar-refractivity contribution in [1.29, 1.82) is 0 Å². The summed E-state index contributed by atoms with van der Waals surface area (Å²) in [5.41, 5.74) is 0.606. The summed E-state index contributed by atoms with van der Waals surface area (Å²) < 4.78 is 1.08. The second kappa shape index (κ2) is 5.83. The van der Waals surface area contributed by atoms with Crippen LogP contribution >= 0.6 is 15.9 Å². The lowest BCUT2D eigenvalue weighted by Crippen LogP contribution is -2.27. The Morgan fingerprint density at radius 1 is 1.25 bits per heavy atom. The highest BCUT2D eigenvalue weighted by atomic mass is 79.9. The Kier molecular flexibility index (Phi) is 5.00. The zero-order chi connectivity index (χ0) is 12.2. The molecule has 0 radical (unpaired) electrons. The predicted octanol–water partition coefficient (Wildman–Crippen LogP) is 4.18. The van der Waals surface area contributed by atoms with Gasteiger partial charge in [0.25, 0.3) is 0 Å². The molecule has 0 spiro atoms. The van der Waals surface area contributed by atoms with Crippen molar-refractivity contribution in [3.8, 4) is 0 Å². The third-order valence-electron chi connectivity index (χ3n) is 2.76. The molecule has 1 aromatic carbocycles. The van der Waals surface area contributed by atoms with Crippen LogP contribution in [0.15, 0.2) is 28.7 Å². The Morgan fingerprint density at radius 3 is 2.31 bits per heavy atom. The number of aliphatic hydroxyl groups is 1. The predicted molar refractivity (Wildman–Crippen MR) is 72.5 cm³/mol. The minimum absolute atomic E-state index is 0.585. The summed E-state index contributed by atoms with van der Waals surface area (Å²) in [7, 11) is 0. The first-order valence-corrected chi connectivity index (χ1v) is 6.65. The van der Waals surface area contributed by atoms with Gasteiger partial charge in [0.15, 0.2) is 0 Å². The standard InChI is InChI=1S/C14H21BrO/c1-11(2)8-9-14(3,16)10-12-4-6-13(15)7-5-12/h4-7,11,16H,8-10H2,1-3H3. The van der Waals surface area contributed by atoms with Gasteiger partial charge in [0.1, 0.15) is 0 Å². The van der Waals surface area contributed by atoms with Gasteiger partial charge in [-0.05, 0) is 43.4 Å². The highest BCUT2D eigenvalue weighted by Gasteiger charge is 2.20. The molecule has 0 saturated heterocycles. The summed E-state index contributed by atoms with van der Waals surface area (Å²) in [5, 5.41) is 10.3. The summed E-state index contributed by atoms with van der Waals surface area (Å²) >= 11 is 3.41. The highest BCUT2D eigenvalue weighted by Crippen LogP contribution is 2.22. The lowest BCUT2D eigenvalue weighted by atomic mass is 9.89. The molecule has 2 heteroatoms. The zero-order valence-corrected chi connectivity index (χ0v) is 11.9. The molecular weight excluding hydrogens is 264 g/mol. The van der Waals surface area contributed by atoms with E-state index < -0.39 is 5.60 Å². The summed E-state index contributed by atoms with van der Waals surface area (Å²) in [6.45, 7) is 6.31. The SMILES string of the molecule is CC(C)CCC(C)(O)Cc1ccc(Br)cc1. The Bertz CT molecular complexity index is 314. The fourth-order valence-corrected chi connectivity index (χ4v) is 1.99. The van der Waals surface area contributed by atoms with Gasteiger partial charge in [-0.2, -0.15) is 0 Å². The molecule has 0 aliphatic rings. The van der Waals surface area contributed by atoms with Crippen LogP contribution in [0.1, 0.15) is 39.2 Å². The third-order valence-corrected chi connectivity index (χ3v) is 3.29. The van der Waals surface area contributed by atoms with Gasteiger partial charge in [0.2, 0.25) is 0 Å². The molecular formula is C14H21BrO. The van der Waals surface area contributed by atoms with E-state index in [1.807, 2.05) is 19.1 Å². The van der Waals surface area contributed by atoms with E-state index >= 15 is 0 Å². The first-order chi connectivity index (χ1) is 7.39. The van der Waals surface area contributed by atoms with Crippen LogP contribution in [0.5, 0.6) is 0 Å². The molecule has 90 valence electrons. The van der Waals surface area contributed by atoms with E-state index in [1.165, 1.54) is 5.56 Å². The Labute approximate surface area is 107 Å². The van der Waals surface area contributed by atoms with E-state index in [2.05, 4.69) is 41.9 Å². The molecule has 0 amide bonds. The van der Waals surface area contributed by atoms with Crippen molar-refractivity contribution < 1.29 is 5.11 Å². The minimum Gasteiger partial charge on any atom is -0.390 e. The second-order valence-electron chi connectivity index (χ2n) is 5.23. The van der Waals surface area contributed by atoms with Gasteiger partial charge in [-0.25, -0.2) is 0 Å². The molecule has 0 heterocycles. The van der Waals surface area contributed by atoms with E-state index in [0.717, 1.165) is 23.7 Å². The van der Waals surface area contributed by atoms with Crippen LogP contribution in [0.3, 0.4) is 0 Å². The summed E-state index contributed by atoms with van der Waals surface area (Å²) in [6, 6.07) is 8.17. The highest BCUT2D eigenvalue weighted by molar-refractivity contribution is 9.10. The Balaban J connectivity index is 2.54. The molecule has 0 aliphatic heterocycles. The number of rotatable bonds is 5. The van der Waals surface area contributed by atoms with Gasteiger partial charge in [0.05, 0.1) is 5.60 Å². The summed E-state index contributed by atoms with van der Waals surface area (Å²) in [5.74, 6) is 0.649. The van der Waals surface area contributed by atoms with Crippen molar-refractivity contribution in [2.45, 2.75) is 45.6 Å². The van der Waals surface area contributed by atoms with Gasteiger partial charge in [-0.15, -0.1) is 0 Å². The molecule has 0 saturated carbocycles. The average molecular weight is 285 g/mol. The summed E-state index contributed by atoms with van der Waals surface area (Å²) in [4.78, 5) is 0. The molecule has 16 heavy (non-hydrogen) atoms. The van der Waals surface area contributed by atoms with E-state index in [4.69, 9.17) is 0 Å². The van der Waals surface area contributed by atoms with Crippen molar-refractivity contribution in [3.63, 3.8) is 0 Å². The quantitative estimate of drug-likeness (QED) is 0.860. The molecule has 1 rings (SSSR count). The first kappa shape index (κ1) is 13.7. The fraction of sp³-hybridized carbons (Fsp3) is 0.571. The topological polar surface area (TPSA) is 20.2 Å². The van der Waals surface area contributed by atoms with Crippen LogP contribution in [-0.2, 0) is 6.42 Å². The van der Waals surface area contributed by atoms with E-state index in [1.54, 1.807) is 0 Å². The van der Waals surface area contributed by atoms with Crippen LogP contribution in [0, 0.1) is 5.92 Å². The van der Waals surface area contributed by atoms with Crippen LogP contribution in [0.4, 0.5) is 0 Å². The second-order valence-corrected chi connectivity index (χ2v) is 6.15. The van der Waals surface area contributed by atoms with Gasteiger partial charge >= 0.3 is 0 Å². The number of hydrogen-bond donors (Lipinski definition) is 1. The number of hydrogen-bond acceptors (Lipinski definition) is 1. The van der Waals surface area contributed by atoms with Gasteiger partial charge in [-0.1, -0.05) is 41.9 Å². The molecule has 0 aromatic heterocycles. The fourth-order valence-electron chi connectivity index (χ4n) is 1.73. The molecule has 0 bridgehead atoms. The Morgan fingerprint density at radius 2 is 1.81 bits per heavy atom. The van der Waals surface area contributed by atoms with Gasteiger partial charge in [-0.3, -0.25) is 0 Å². The van der Waals surface area contributed by atoms with Crippen molar-refractivity contribution in [1.82, 2.24) is 0 Å². The minimum atomic E-state index is -0.585. The monoisotopic (exact) mass is 284 g/mol. The number of benzene rings is 1. The molecule has 1 atom stereocenters. The van der Waals surface area contributed by atoms with Crippen LogP contribution < -0.4 is 0 Å². The van der Waals surface area contributed by atoms with Crippen LogP contribution in [0.25, 0.3) is 0 Å². The smallest absolute Gasteiger partial charge is 0.0660 e. The van der Waals surface area contributed by atoms with Crippen molar-refractivity contribution in [2.75, 3.05) is 0 Å². The molecule has 1 aromatic rings. The molecule has 1 nitrogen and oxygen atoms in total. The maximum atomic E-state index is 10.3. The van der Waals surface area contributed by atoms with Crippen LogP contribution in [0.2, 0.25) is 0 Å². The van der Waals surface area contributed by atoms with Crippen molar-refractivity contribution >= 4 is 15.9 Å².